The fraction of sp³-hybridized carbons (Fsp3) is 0.588. The van der Waals surface area contributed by atoms with Gasteiger partial charge in [0.15, 0.2) is 0 Å². The number of unbranched alkanes of at least 4 members (excludes halogenated alkanes) is 2. The third-order valence-corrected chi connectivity index (χ3v) is 3.59. The van der Waals surface area contributed by atoms with Crippen molar-refractivity contribution >= 4 is 5.91 Å². The van der Waals surface area contributed by atoms with Crippen molar-refractivity contribution in [1.82, 2.24) is 5.32 Å². The van der Waals surface area contributed by atoms with Gasteiger partial charge in [-0.3, -0.25) is 4.79 Å². The Morgan fingerprint density at radius 2 is 1.84 bits per heavy atom. The summed E-state index contributed by atoms with van der Waals surface area (Å²) >= 11 is 0. The lowest BCUT2D eigenvalue weighted by molar-refractivity contribution is 0.0948. The highest BCUT2D eigenvalue weighted by Crippen LogP contribution is 2.09. The number of hydrogen-bond acceptors (Lipinski definition) is 1. The van der Waals surface area contributed by atoms with E-state index < -0.39 is 0 Å². The summed E-state index contributed by atoms with van der Waals surface area (Å²) in [5.41, 5.74) is 2.09. The van der Waals surface area contributed by atoms with Crippen LogP contribution < -0.4 is 5.32 Å². The number of hydrogen-bond donors (Lipinski definition) is 1. The molecule has 1 N–H and O–H groups in total. The number of aryl methyl sites for hydroxylation is 1. The van der Waals surface area contributed by atoms with Crippen LogP contribution in [-0.2, 0) is 6.42 Å². The van der Waals surface area contributed by atoms with Crippen LogP contribution in [-0.4, -0.2) is 12.5 Å². The molecule has 0 aliphatic carbocycles. The Balaban J connectivity index is 2.44. The highest BCUT2D eigenvalue weighted by Gasteiger charge is 2.06. The zero-order valence-electron chi connectivity index (χ0n) is 12.5. The van der Waals surface area contributed by atoms with Gasteiger partial charge in [-0.1, -0.05) is 52.2 Å². The minimum atomic E-state index is 0.0420. The molecule has 1 unspecified atom stereocenters. The van der Waals surface area contributed by atoms with Crippen molar-refractivity contribution in [2.75, 3.05) is 6.54 Å². The van der Waals surface area contributed by atoms with E-state index in [1.165, 1.54) is 24.8 Å². The molecule has 0 bridgehead atoms. The standard InChI is InChI=1S/C17H27NO/c1-4-6-7-8-15-9-11-16(12-10-15)17(19)18-13-14(3)5-2/h9-12,14H,4-8,13H2,1-3H3,(H,18,19). The molecule has 1 aromatic rings. The molecule has 19 heavy (non-hydrogen) atoms. The van der Waals surface area contributed by atoms with Gasteiger partial charge in [0.1, 0.15) is 0 Å². The molecule has 0 aliphatic rings. The van der Waals surface area contributed by atoms with E-state index in [1.807, 2.05) is 12.1 Å². The van der Waals surface area contributed by atoms with Gasteiger partial charge in [0, 0.05) is 12.1 Å². The van der Waals surface area contributed by atoms with Crippen molar-refractivity contribution in [3.63, 3.8) is 0 Å². The molecule has 1 aromatic carbocycles. The maximum Gasteiger partial charge on any atom is 0.251 e. The minimum Gasteiger partial charge on any atom is -0.352 e. The molecule has 1 atom stereocenters. The van der Waals surface area contributed by atoms with Crippen LogP contribution in [0.4, 0.5) is 0 Å². The number of benzene rings is 1. The maximum atomic E-state index is 11.9. The number of amides is 1. The zero-order valence-corrected chi connectivity index (χ0v) is 12.5. The first kappa shape index (κ1) is 15.7. The number of rotatable bonds is 8. The summed E-state index contributed by atoms with van der Waals surface area (Å²) in [5.74, 6) is 0.581. The Bertz CT molecular complexity index is 369. The van der Waals surface area contributed by atoms with Gasteiger partial charge in [-0.25, -0.2) is 0 Å². The molecule has 0 fully saturated rings. The van der Waals surface area contributed by atoms with Crippen molar-refractivity contribution in [2.24, 2.45) is 5.92 Å². The summed E-state index contributed by atoms with van der Waals surface area (Å²) < 4.78 is 0. The van der Waals surface area contributed by atoms with Crippen LogP contribution in [0.5, 0.6) is 0 Å². The molecular weight excluding hydrogens is 234 g/mol. The summed E-state index contributed by atoms with van der Waals surface area (Å²) in [6.45, 7) is 7.26. The smallest absolute Gasteiger partial charge is 0.251 e. The van der Waals surface area contributed by atoms with Crippen molar-refractivity contribution in [3.05, 3.63) is 35.4 Å². The summed E-state index contributed by atoms with van der Waals surface area (Å²) in [5, 5.41) is 2.98. The summed E-state index contributed by atoms with van der Waals surface area (Å²) in [6, 6.07) is 8.03. The summed E-state index contributed by atoms with van der Waals surface area (Å²) in [4.78, 5) is 11.9. The topological polar surface area (TPSA) is 29.1 Å². The van der Waals surface area contributed by atoms with Gasteiger partial charge in [-0.15, -0.1) is 0 Å². The average Bonchev–Trinajstić information content (AvgIpc) is 2.45. The normalized spacial score (nSPS) is 12.2. The first-order valence-electron chi connectivity index (χ1n) is 7.54. The van der Waals surface area contributed by atoms with E-state index in [0.717, 1.165) is 24.9 Å². The molecule has 0 saturated heterocycles. The van der Waals surface area contributed by atoms with E-state index in [2.05, 4.69) is 38.2 Å². The molecule has 0 heterocycles. The Morgan fingerprint density at radius 1 is 1.16 bits per heavy atom. The van der Waals surface area contributed by atoms with Crippen LogP contribution in [0.15, 0.2) is 24.3 Å². The van der Waals surface area contributed by atoms with Gasteiger partial charge in [0.2, 0.25) is 0 Å². The van der Waals surface area contributed by atoms with E-state index in [-0.39, 0.29) is 5.91 Å². The molecule has 0 aromatic heterocycles. The van der Waals surface area contributed by atoms with Crippen LogP contribution in [0.1, 0.15) is 62.4 Å². The van der Waals surface area contributed by atoms with Crippen molar-refractivity contribution in [2.45, 2.75) is 52.9 Å². The SMILES string of the molecule is CCCCCc1ccc(C(=O)NCC(C)CC)cc1. The van der Waals surface area contributed by atoms with Crippen molar-refractivity contribution < 1.29 is 4.79 Å². The molecule has 1 rings (SSSR count). The van der Waals surface area contributed by atoms with Crippen molar-refractivity contribution in [3.8, 4) is 0 Å². The molecule has 2 heteroatoms. The van der Waals surface area contributed by atoms with E-state index in [4.69, 9.17) is 0 Å². The number of carbonyl (C=O) groups excluding carboxylic acids is 1. The van der Waals surface area contributed by atoms with Crippen LogP contribution in [0.25, 0.3) is 0 Å². The van der Waals surface area contributed by atoms with Gasteiger partial charge in [-0.05, 0) is 36.5 Å². The second-order valence-corrected chi connectivity index (χ2v) is 5.38. The Kier molecular flexibility index (Phi) is 7.24. The molecule has 2 nitrogen and oxygen atoms in total. The summed E-state index contributed by atoms with van der Waals surface area (Å²) in [6.07, 6.45) is 5.96. The van der Waals surface area contributed by atoms with Gasteiger partial charge in [0.25, 0.3) is 5.91 Å². The predicted molar refractivity (Wildman–Crippen MR) is 81.5 cm³/mol. The zero-order chi connectivity index (χ0) is 14.1. The van der Waals surface area contributed by atoms with Crippen molar-refractivity contribution in [1.29, 1.82) is 0 Å². The lowest BCUT2D eigenvalue weighted by atomic mass is 10.0. The Morgan fingerprint density at radius 3 is 2.42 bits per heavy atom. The molecule has 0 aliphatic heterocycles. The fourth-order valence-electron chi connectivity index (χ4n) is 1.92. The third kappa shape index (κ3) is 5.91. The highest BCUT2D eigenvalue weighted by molar-refractivity contribution is 5.94. The fourth-order valence-corrected chi connectivity index (χ4v) is 1.92. The molecule has 106 valence electrons. The van der Waals surface area contributed by atoms with E-state index in [9.17, 15) is 4.79 Å². The van der Waals surface area contributed by atoms with E-state index >= 15 is 0 Å². The number of carbonyl (C=O) groups is 1. The van der Waals surface area contributed by atoms with E-state index in [0.29, 0.717) is 5.92 Å². The van der Waals surface area contributed by atoms with Gasteiger partial charge >= 0.3 is 0 Å². The number of nitrogens with one attached hydrogen (secondary N) is 1. The first-order chi connectivity index (χ1) is 9.17. The lowest BCUT2D eigenvalue weighted by Gasteiger charge is -2.10. The minimum absolute atomic E-state index is 0.0420. The van der Waals surface area contributed by atoms with Crippen LogP contribution in [0.3, 0.4) is 0 Å². The molecular formula is C17H27NO. The van der Waals surface area contributed by atoms with Crippen LogP contribution in [0.2, 0.25) is 0 Å². The Labute approximate surface area is 117 Å². The third-order valence-electron chi connectivity index (χ3n) is 3.59. The molecule has 0 spiro atoms. The van der Waals surface area contributed by atoms with E-state index in [1.54, 1.807) is 0 Å². The molecule has 0 saturated carbocycles. The molecule has 1 amide bonds. The first-order valence-corrected chi connectivity index (χ1v) is 7.54. The second-order valence-electron chi connectivity index (χ2n) is 5.38. The van der Waals surface area contributed by atoms with Crippen LogP contribution in [0, 0.1) is 5.92 Å². The predicted octanol–water partition coefficient (Wildman–Crippen LogP) is 4.20. The quantitative estimate of drug-likeness (QED) is 0.698. The second kappa shape index (κ2) is 8.73. The van der Waals surface area contributed by atoms with Gasteiger partial charge in [0.05, 0.1) is 0 Å². The largest absolute Gasteiger partial charge is 0.352 e. The maximum absolute atomic E-state index is 11.9. The van der Waals surface area contributed by atoms with Crippen LogP contribution >= 0.6 is 0 Å². The monoisotopic (exact) mass is 261 g/mol. The molecule has 0 radical (unpaired) electrons. The van der Waals surface area contributed by atoms with Gasteiger partial charge in [-0.2, -0.15) is 0 Å². The highest BCUT2D eigenvalue weighted by atomic mass is 16.1. The average molecular weight is 261 g/mol. The van der Waals surface area contributed by atoms with Gasteiger partial charge < -0.3 is 5.32 Å². The lowest BCUT2D eigenvalue weighted by Crippen LogP contribution is -2.27. The summed E-state index contributed by atoms with van der Waals surface area (Å²) in [7, 11) is 0. The Hall–Kier alpha value is -1.31.